The van der Waals surface area contributed by atoms with Crippen molar-refractivity contribution in [3.05, 3.63) is 0 Å². The van der Waals surface area contributed by atoms with Gasteiger partial charge in [0.2, 0.25) is 0 Å². The zero-order valence-corrected chi connectivity index (χ0v) is 6.11. The summed E-state index contributed by atoms with van der Waals surface area (Å²) in [4.78, 5) is 14.2. The van der Waals surface area contributed by atoms with Crippen molar-refractivity contribution in [2.45, 2.75) is 6.42 Å². The summed E-state index contributed by atoms with van der Waals surface area (Å²) in [5.74, 6) is 4.05. The van der Waals surface area contributed by atoms with Gasteiger partial charge in [-0.05, 0) is 12.2 Å². The Labute approximate surface area is 63.7 Å². The number of carbonyl (C=O) groups excluding carboxylic acids is 1. The molecule has 0 rings (SSSR count). The van der Waals surface area contributed by atoms with Gasteiger partial charge in [0.15, 0.2) is 5.11 Å². The van der Waals surface area contributed by atoms with Gasteiger partial charge in [0.05, 0.1) is 6.42 Å². The highest BCUT2D eigenvalue weighted by atomic mass is 32.1. The normalized spacial score (nSPS) is 8.50. The van der Waals surface area contributed by atoms with Crippen molar-refractivity contribution < 1.29 is 9.63 Å². The largest absolute Gasteiger partial charge is 0.376 e. The van der Waals surface area contributed by atoms with Crippen LogP contribution in [-0.2, 0) is 9.63 Å². The summed E-state index contributed by atoms with van der Waals surface area (Å²) in [6.07, 6.45) is 0.161. The predicted molar refractivity (Wildman–Crippen MR) is 39.7 cm³/mol. The van der Waals surface area contributed by atoms with E-state index in [1.165, 1.54) is 0 Å². The Balaban J connectivity index is 3.20. The lowest BCUT2D eigenvalue weighted by atomic mass is 10.4. The zero-order valence-electron chi connectivity index (χ0n) is 5.29. The molecule has 5 nitrogen and oxygen atoms in total. The molecule has 0 spiro atoms. The third kappa shape index (κ3) is 5.26. The van der Waals surface area contributed by atoms with Crippen LogP contribution in [0.1, 0.15) is 6.42 Å². The first-order chi connectivity index (χ1) is 4.66. The number of carbonyl (C=O) groups is 1. The van der Waals surface area contributed by atoms with E-state index in [-0.39, 0.29) is 11.5 Å². The lowest BCUT2D eigenvalue weighted by Crippen LogP contribution is -2.31. The van der Waals surface area contributed by atoms with E-state index in [2.05, 4.69) is 28.3 Å². The highest BCUT2D eigenvalue weighted by Crippen LogP contribution is 1.77. The molecule has 0 aliphatic heterocycles. The molecule has 58 valence electrons. The lowest BCUT2D eigenvalue weighted by molar-refractivity contribution is -0.143. The Morgan fingerprint density at radius 3 is 2.70 bits per heavy atom. The zero-order chi connectivity index (χ0) is 7.98. The highest BCUT2D eigenvalue weighted by molar-refractivity contribution is 7.80. The summed E-state index contributed by atoms with van der Waals surface area (Å²) in [6.45, 7) is 0.353. The maximum absolute atomic E-state index is 10.3. The van der Waals surface area contributed by atoms with Gasteiger partial charge < -0.3 is 15.9 Å². The average Bonchev–Trinajstić information content (AvgIpc) is 1.87. The van der Waals surface area contributed by atoms with Crippen LogP contribution in [0.5, 0.6) is 0 Å². The number of rotatable bonds is 3. The van der Waals surface area contributed by atoms with Crippen molar-refractivity contribution in [1.29, 1.82) is 0 Å². The predicted octanol–water partition coefficient (Wildman–Crippen LogP) is -1.37. The quantitative estimate of drug-likeness (QED) is 0.351. The van der Waals surface area contributed by atoms with Crippen LogP contribution in [0.2, 0.25) is 0 Å². The van der Waals surface area contributed by atoms with Crippen molar-refractivity contribution in [2.24, 2.45) is 11.6 Å². The van der Waals surface area contributed by atoms with E-state index < -0.39 is 5.97 Å². The van der Waals surface area contributed by atoms with E-state index in [0.717, 1.165) is 0 Å². The van der Waals surface area contributed by atoms with E-state index in [9.17, 15) is 4.79 Å². The SMILES string of the molecule is NOC(=O)CCNC(N)=S. The molecule has 0 aliphatic rings. The van der Waals surface area contributed by atoms with Crippen LogP contribution in [0, 0.1) is 0 Å². The van der Waals surface area contributed by atoms with Crippen molar-refractivity contribution in [2.75, 3.05) is 6.54 Å². The standard InChI is InChI=1S/C4H9N3O2S/c5-4(10)7-2-1-3(8)9-6/h1-2,6H2,(H3,5,7,10). The van der Waals surface area contributed by atoms with Gasteiger partial charge in [0.1, 0.15) is 0 Å². The van der Waals surface area contributed by atoms with Crippen LogP contribution < -0.4 is 16.9 Å². The molecule has 10 heavy (non-hydrogen) atoms. The summed E-state index contributed by atoms with van der Waals surface area (Å²) >= 11 is 4.47. The van der Waals surface area contributed by atoms with Gasteiger partial charge in [-0.3, -0.25) is 4.79 Å². The molecule has 0 atom stereocenters. The highest BCUT2D eigenvalue weighted by Gasteiger charge is 1.98. The minimum atomic E-state index is -0.497. The maximum Gasteiger partial charge on any atom is 0.326 e. The molecule has 0 heterocycles. The molecular weight excluding hydrogens is 154 g/mol. The van der Waals surface area contributed by atoms with Crippen LogP contribution in [0.3, 0.4) is 0 Å². The Hall–Kier alpha value is -0.880. The molecule has 0 amide bonds. The fourth-order valence-electron chi connectivity index (χ4n) is 0.347. The molecule has 0 fully saturated rings. The van der Waals surface area contributed by atoms with Crippen LogP contribution in [-0.4, -0.2) is 17.6 Å². The molecule has 0 bridgehead atoms. The second kappa shape index (κ2) is 4.95. The fourth-order valence-corrected chi connectivity index (χ4v) is 0.449. The third-order valence-electron chi connectivity index (χ3n) is 0.760. The number of nitrogens with two attached hydrogens (primary N) is 2. The smallest absolute Gasteiger partial charge is 0.326 e. The monoisotopic (exact) mass is 163 g/mol. The van der Waals surface area contributed by atoms with Crippen LogP contribution in [0.15, 0.2) is 0 Å². The first kappa shape index (κ1) is 9.12. The van der Waals surface area contributed by atoms with Gasteiger partial charge >= 0.3 is 5.97 Å². The lowest BCUT2D eigenvalue weighted by Gasteiger charge is -2.00. The minimum absolute atomic E-state index is 0.157. The number of hydrogen-bond donors (Lipinski definition) is 3. The van der Waals surface area contributed by atoms with Gasteiger partial charge in [-0.25, -0.2) is 0 Å². The Morgan fingerprint density at radius 2 is 2.30 bits per heavy atom. The molecule has 6 heteroatoms. The van der Waals surface area contributed by atoms with E-state index in [1.54, 1.807) is 0 Å². The molecular formula is C4H9N3O2S. The molecule has 0 unspecified atom stereocenters. The average molecular weight is 163 g/mol. The minimum Gasteiger partial charge on any atom is -0.376 e. The van der Waals surface area contributed by atoms with Gasteiger partial charge in [-0.15, -0.1) is 0 Å². The third-order valence-corrected chi connectivity index (χ3v) is 0.904. The van der Waals surface area contributed by atoms with Crippen molar-refractivity contribution in [3.8, 4) is 0 Å². The number of nitrogens with one attached hydrogen (secondary N) is 1. The topological polar surface area (TPSA) is 90.4 Å². The Morgan fingerprint density at radius 1 is 1.70 bits per heavy atom. The number of hydrogen-bond acceptors (Lipinski definition) is 4. The first-order valence-electron chi connectivity index (χ1n) is 2.59. The van der Waals surface area contributed by atoms with E-state index in [0.29, 0.717) is 6.54 Å². The number of thiocarbonyl (C=S) groups is 1. The van der Waals surface area contributed by atoms with Gasteiger partial charge in [-0.2, -0.15) is 5.90 Å². The van der Waals surface area contributed by atoms with Crippen molar-refractivity contribution >= 4 is 23.3 Å². The molecule has 0 aliphatic carbocycles. The van der Waals surface area contributed by atoms with Crippen molar-refractivity contribution in [1.82, 2.24) is 5.32 Å². The van der Waals surface area contributed by atoms with Gasteiger partial charge in [-0.1, -0.05) is 0 Å². The van der Waals surface area contributed by atoms with Crippen LogP contribution >= 0.6 is 12.2 Å². The van der Waals surface area contributed by atoms with E-state index in [1.807, 2.05) is 0 Å². The summed E-state index contributed by atoms with van der Waals surface area (Å²) in [5, 5.41) is 2.72. The molecule has 5 N–H and O–H groups in total. The summed E-state index contributed by atoms with van der Waals surface area (Å²) < 4.78 is 0. The molecule has 0 aromatic carbocycles. The maximum atomic E-state index is 10.3. The molecule has 0 aromatic heterocycles. The molecule has 0 radical (unpaired) electrons. The summed E-state index contributed by atoms with van der Waals surface area (Å²) in [5.41, 5.74) is 5.06. The Kier molecular flexibility index (Phi) is 4.51. The summed E-state index contributed by atoms with van der Waals surface area (Å²) in [7, 11) is 0. The fraction of sp³-hybridized carbons (Fsp3) is 0.500. The van der Waals surface area contributed by atoms with E-state index >= 15 is 0 Å². The van der Waals surface area contributed by atoms with E-state index in [4.69, 9.17) is 5.73 Å². The van der Waals surface area contributed by atoms with Crippen LogP contribution in [0.4, 0.5) is 0 Å². The molecule has 0 saturated carbocycles. The molecule has 0 saturated heterocycles. The summed E-state index contributed by atoms with van der Waals surface area (Å²) in [6, 6.07) is 0. The van der Waals surface area contributed by atoms with Crippen LogP contribution in [0.25, 0.3) is 0 Å². The van der Waals surface area contributed by atoms with Gasteiger partial charge in [0, 0.05) is 6.54 Å². The molecule has 0 aromatic rings. The Bertz CT molecular complexity index is 138. The second-order valence-electron chi connectivity index (χ2n) is 1.53. The van der Waals surface area contributed by atoms with Gasteiger partial charge in [0.25, 0.3) is 0 Å². The second-order valence-corrected chi connectivity index (χ2v) is 1.97. The van der Waals surface area contributed by atoms with Crippen molar-refractivity contribution in [3.63, 3.8) is 0 Å². The first-order valence-corrected chi connectivity index (χ1v) is 3.00.